The lowest BCUT2D eigenvalue weighted by Gasteiger charge is -2.07. The number of carbonyl (C=O) groups excluding carboxylic acids is 1. The van der Waals surface area contributed by atoms with Gasteiger partial charge < -0.3 is 4.74 Å². The van der Waals surface area contributed by atoms with Crippen LogP contribution in [0.1, 0.15) is 26.7 Å². The van der Waals surface area contributed by atoms with Gasteiger partial charge in [-0.25, -0.2) is 9.90 Å². The van der Waals surface area contributed by atoms with Gasteiger partial charge in [0.05, 0.1) is 0 Å². The van der Waals surface area contributed by atoms with Crippen molar-refractivity contribution < 1.29 is 14.6 Å². The predicted molar refractivity (Wildman–Crippen MR) is 36.0 cm³/mol. The van der Waals surface area contributed by atoms with Crippen LogP contribution in [0.2, 0.25) is 0 Å². The van der Waals surface area contributed by atoms with E-state index in [-0.39, 0.29) is 0 Å². The number of hydrogen-bond donors (Lipinski definition) is 0. The number of ether oxygens (including phenoxy) is 1. The fourth-order valence-corrected chi connectivity index (χ4v) is 0.613. The minimum absolute atomic E-state index is 0.475. The molecule has 3 nitrogen and oxygen atoms in total. The fraction of sp³-hybridized carbons (Fsp3) is 0.857. The maximum Gasteiger partial charge on any atom is 0.383 e. The van der Waals surface area contributed by atoms with Crippen LogP contribution in [-0.4, -0.2) is 18.7 Å². The third-order valence-corrected chi connectivity index (χ3v) is 1.16. The van der Waals surface area contributed by atoms with E-state index >= 15 is 0 Å². The third-order valence-electron chi connectivity index (χ3n) is 1.16. The summed E-state index contributed by atoms with van der Waals surface area (Å²) in [5.74, 6) is -1.11. The van der Waals surface area contributed by atoms with Gasteiger partial charge in [-0.1, -0.05) is 13.8 Å². The lowest BCUT2D eigenvalue weighted by molar-refractivity contribution is -0.157. The molecular weight excluding hydrogens is 132 g/mol. The van der Waals surface area contributed by atoms with Gasteiger partial charge in [-0.2, -0.15) is 0 Å². The lowest BCUT2D eigenvalue weighted by Crippen LogP contribution is -2.22. The van der Waals surface area contributed by atoms with Crippen molar-refractivity contribution in [1.29, 1.82) is 0 Å². The van der Waals surface area contributed by atoms with E-state index in [0.717, 1.165) is 6.42 Å². The molecule has 0 aliphatic carbocycles. The van der Waals surface area contributed by atoms with Gasteiger partial charge in [0.2, 0.25) is 0 Å². The summed E-state index contributed by atoms with van der Waals surface area (Å²) < 4.78 is 4.94. The highest BCUT2D eigenvalue weighted by molar-refractivity contribution is 5.71. The van der Waals surface area contributed by atoms with Gasteiger partial charge in [-0.05, 0) is 12.8 Å². The molecule has 0 amide bonds. The maximum absolute atomic E-state index is 10.2. The van der Waals surface area contributed by atoms with E-state index in [2.05, 4.69) is 0 Å². The second kappa shape index (κ2) is 5.23. The summed E-state index contributed by atoms with van der Waals surface area (Å²) >= 11 is 0. The topological polar surface area (TPSA) is 46.2 Å². The van der Waals surface area contributed by atoms with Gasteiger partial charge >= 0.3 is 5.97 Å². The summed E-state index contributed by atoms with van der Waals surface area (Å²) in [4.78, 5) is 10.2. The molecule has 0 aliphatic rings. The molecule has 0 rings (SSSR count). The number of carbonyl (C=O) groups is 1. The maximum atomic E-state index is 10.2. The van der Waals surface area contributed by atoms with Crippen molar-refractivity contribution in [2.24, 2.45) is 0 Å². The van der Waals surface area contributed by atoms with E-state index in [0.29, 0.717) is 13.0 Å². The first-order chi connectivity index (χ1) is 4.72. The summed E-state index contributed by atoms with van der Waals surface area (Å²) in [5, 5.41) is 10.2. The van der Waals surface area contributed by atoms with Crippen molar-refractivity contribution in [3.8, 4) is 0 Å². The molecule has 0 aromatic heterocycles. The zero-order valence-electron chi connectivity index (χ0n) is 6.42. The second-order valence-electron chi connectivity index (χ2n) is 2.09. The monoisotopic (exact) mass is 145 g/mol. The molecule has 0 saturated carbocycles. The van der Waals surface area contributed by atoms with Crippen LogP contribution in [0.25, 0.3) is 0 Å². The molecule has 0 heterocycles. The molecule has 0 aromatic carbocycles. The van der Waals surface area contributed by atoms with E-state index in [9.17, 15) is 9.90 Å². The molecule has 1 radical (unpaired) electrons. The van der Waals surface area contributed by atoms with Crippen LogP contribution in [-0.2, 0) is 14.6 Å². The zero-order valence-corrected chi connectivity index (χ0v) is 6.42. The van der Waals surface area contributed by atoms with Gasteiger partial charge in [0.15, 0.2) is 6.10 Å². The van der Waals surface area contributed by atoms with Crippen molar-refractivity contribution in [3.63, 3.8) is 0 Å². The van der Waals surface area contributed by atoms with E-state index in [1.165, 1.54) is 0 Å². The summed E-state index contributed by atoms with van der Waals surface area (Å²) in [6.07, 6.45) is 0.589. The van der Waals surface area contributed by atoms with Crippen molar-refractivity contribution >= 4 is 5.97 Å². The van der Waals surface area contributed by atoms with Gasteiger partial charge in [0.25, 0.3) is 0 Å². The van der Waals surface area contributed by atoms with Crippen LogP contribution in [0.3, 0.4) is 0 Å². The number of hydrogen-bond acceptors (Lipinski definition) is 2. The van der Waals surface area contributed by atoms with Gasteiger partial charge in [0, 0.05) is 6.61 Å². The Morgan fingerprint density at radius 3 is 2.40 bits per heavy atom. The Hall–Kier alpha value is -0.570. The third kappa shape index (κ3) is 3.45. The molecule has 0 spiro atoms. The van der Waals surface area contributed by atoms with Gasteiger partial charge in [-0.15, -0.1) is 0 Å². The Balaban J connectivity index is 3.50. The predicted octanol–water partition coefficient (Wildman–Crippen LogP) is 1.15. The molecule has 0 N–H and O–H groups in total. The highest BCUT2D eigenvalue weighted by Gasteiger charge is 2.16. The second-order valence-corrected chi connectivity index (χ2v) is 2.09. The number of rotatable bonds is 5. The summed E-state index contributed by atoms with van der Waals surface area (Å²) in [7, 11) is 0. The van der Waals surface area contributed by atoms with E-state index in [1.807, 2.05) is 6.92 Å². The standard InChI is InChI=1S/C7H13O3/c1-3-5-10-6(4-2)7(8)9/h6H,3-5H2,1-2H3. The van der Waals surface area contributed by atoms with Crippen molar-refractivity contribution in [1.82, 2.24) is 0 Å². The quantitative estimate of drug-likeness (QED) is 0.582. The molecule has 0 saturated heterocycles. The molecule has 59 valence electrons. The largest absolute Gasteiger partial charge is 0.383 e. The molecule has 0 fully saturated rings. The zero-order chi connectivity index (χ0) is 7.98. The van der Waals surface area contributed by atoms with E-state index in [1.54, 1.807) is 6.92 Å². The summed E-state index contributed by atoms with van der Waals surface area (Å²) in [5.41, 5.74) is 0. The van der Waals surface area contributed by atoms with E-state index < -0.39 is 12.1 Å². The average molecular weight is 145 g/mol. The lowest BCUT2D eigenvalue weighted by atomic mass is 10.3. The Morgan fingerprint density at radius 2 is 2.10 bits per heavy atom. The minimum Gasteiger partial charge on any atom is -0.366 e. The van der Waals surface area contributed by atoms with Gasteiger partial charge in [-0.3, -0.25) is 0 Å². The molecule has 0 aromatic rings. The van der Waals surface area contributed by atoms with Crippen LogP contribution in [0.5, 0.6) is 0 Å². The normalized spacial score (nSPS) is 13.0. The van der Waals surface area contributed by atoms with Crippen LogP contribution >= 0.6 is 0 Å². The SMILES string of the molecule is CCCOC(CC)C([O])=O. The smallest absolute Gasteiger partial charge is 0.366 e. The van der Waals surface area contributed by atoms with Crippen LogP contribution in [0, 0.1) is 0 Å². The molecule has 0 aliphatic heterocycles. The van der Waals surface area contributed by atoms with Crippen molar-refractivity contribution in [3.05, 3.63) is 0 Å². The molecule has 1 atom stereocenters. The average Bonchev–Trinajstić information content (AvgIpc) is 1.89. The van der Waals surface area contributed by atoms with Crippen LogP contribution < -0.4 is 0 Å². The van der Waals surface area contributed by atoms with Gasteiger partial charge in [0.1, 0.15) is 0 Å². The Kier molecular flexibility index (Phi) is 4.94. The van der Waals surface area contributed by atoms with Crippen molar-refractivity contribution in [2.45, 2.75) is 32.8 Å². The highest BCUT2D eigenvalue weighted by Crippen LogP contribution is 1.98. The first-order valence-corrected chi connectivity index (χ1v) is 3.54. The van der Waals surface area contributed by atoms with Crippen LogP contribution in [0.4, 0.5) is 0 Å². The Labute approximate surface area is 61.0 Å². The highest BCUT2D eigenvalue weighted by atomic mass is 16.5. The minimum atomic E-state index is -1.11. The Bertz CT molecular complexity index is 101. The molecule has 10 heavy (non-hydrogen) atoms. The molecule has 1 unspecified atom stereocenters. The molecule has 3 heteroatoms. The first kappa shape index (κ1) is 9.43. The Morgan fingerprint density at radius 1 is 1.50 bits per heavy atom. The van der Waals surface area contributed by atoms with Crippen molar-refractivity contribution in [2.75, 3.05) is 6.61 Å². The molecular formula is C7H13O3. The van der Waals surface area contributed by atoms with E-state index in [4.69, 9.17) is 4.74 Å². The fourth-order valence-electron chi connectivity index (χ4n) is 0.613. The van der Waals surface area contributed by atoms with Crippen LogP contribution in [0.15, 0.2) is 0 Å². The first-order valence-electron chi connectivity index (χ1n) is 3.54. The summed E-state index contributed by atoms with van der Waals surface area (Å²) in [6, 6.07) is 0. The molecule has 0 bridgehead atoms. The summed E-state index contributed by atoms with van der Waals surface area (Å²) in [6.45, 7) is 4.19.